The van der Waals surface area contributed by atoms with Crippen molar-refractivity contribution in [1.82, 2.24) is 9.88 Å². The summed E-state index contributed by atoms with van der Waals surface area (Å²) >= 11 is 6.42. The van der Waals surface area contributed by atoms with Gasteiger partial charge in [0.2, 0.25) is 0 Å². The molecule has 1 amide bonds. The van der Waals surface area contributed by atoms with Crippen LogP contribution in [0.4, 0.5) is 10.5 Å². The molecule has 7 nitrogen and oxygen atoms in total. The Kier molecular flexibility index (Phi) is 7.22. The number of nitrogens with one attached hydrogen (secondary N) is 1. The SMILES string of the molecule is CC(=O)c1c(N)c2c(Cl)cccc2n(C2CCCC(CNC(=O)OCc3ccccc3)C2)c1=O. The van der Waals surface area contributed by atoms with Crippen molar-refractivity contribution >= 4 is 40.1 Å². The topological polar surface area (TPSA) is 103 Å². The lowest BCUT2D eigenvalue weighted by Gasteiger charge is -2.32. The van der Waals surface area contributed by atoms with Crippen molar-refractivity contribution < 1.29 is 14.3 Å². The first-order chi connectivity index (χ1) is 16.4. The number of nitrogens with zero attached hydrogens (tertiary/aromatic N) is 1. The highest BCUT2D eigenvalue weighted by Crippen LogP contribution is 2.36. The van der Waals surface area contributed by atoms with Gasteiger partial charge in [-0.05, 0) is 49.8 Å². The zero-order valence-corrected chi connectivity index (χ0v) is 19.8. The van der Waals surface area contributed by atoms with Gasteiger partial charge in [0.05, 0.1) is 16.2 Å². The molecule has 2 aromatic carbocycles. The first-order valence-electron chi connectivity index (χ1n) is 11.4. The van der Waals surface area contributed by atoms with Crippen LogP contribution in [0.3, 0.4) is 0 Å². The predicted octanol–water partition coefficient (Wildman–Crippen LogP) is 5.10. The van der Waals surface area contributed by atoms with Crippen molar-refractivity contribution in [2.45, 2.75) is 45.3 Å². The molecule has 1 aliphatic carbocycles. The molecular weight excluding hydrogens is 454 g/mol. The minimum atomic E-state index is -0.466. The monoisotopic (exact) mass is 481 g/mol. The van der Waals surface area contributed by atoms with E-state index in [1.54, 1.807) is 16.7 Å². The summed E-state index contributed by atoms with van der Waals surface area (Å²) in [5.41, 5.74) is 7.48. The van der Waals surface area contributed by atoms with Crippen molar-refractivity contribution in [3.63, 3.8) is 0 Å². The van der Waals surface area contributed by atoms with Crippen molar-refractivity contribution in [2.24, 2.45) is 5.92 Å². The Morgan fingerprint density at radius 3 is 2.65 bits per heavy atom. The fourth-order valence-corrected chi connectivity index (χ4v) is 5.11. The predicted molar refractivity (Wildman–Crippen MR) is 133 cm³/mol. The van der Waals surface area contributed by atoms with Crippen LogP contribution in [-0.4, -0.2) is 23.0 Å². The number of hydrogen-bond donors (Lipinski definition) is 2. The molecule has 0 aliphatic heterocycles. The molecule has 0 radical (unpaired) electrons. The molecule has 0 bridgehead atoms. The van der Waals surface area contributed by atoms with E-state index < -0.39 is 6.09 Å². The van der Waals surface area contributed by atoms with Crippen LogP contribution < -0.4 is 16.6 Å². The van der Waals surface area contributed by atoms with Crippen LogP contribution in [-0.2, 0) is 11.3 Å². The Morgan fingerprint density at radius 1 is 1.15 bits per heavy atom. The standard InChI is InChI=1S/C26H28ClN3O4/c1-16(31)22-24(28)23-20(27)11-6-12-21(23)30(25(22)32)19-10-5-9-18(13-19)14-29-26(33)34-15-17-7-3-2-4-8-17/h2-4,6-8,11-12,18-19H,5,9-10,13-15,28H2,1H3,(H,29,33). The average molecular weight is 482 g/mol. The van der Waals surface area contributed by atoms with Crippen LogP contribution in [0.25, 0.3) is 10.9 Å². The third-order valence-electron chi connectivity index (χ3n) is 6.44. The van der Waals surface area contributed by atoms with Gasteiger partial charge in [0, 0.05) is 18.0 Å². The number of amides is 1. The molecule has 4 rings (SSSR count). The van der Waals surface area contributed by atoms with Crippen LogP contribution in [0.5, 0.6) is 0 Å². The summed E-state index contributed by atoms with van der Waals surface area (Å²) in [4.78, 5) is 37.8. The van der Waals surface area contributed by atoms with Gasteiger partial charge in [0.15, 0.2) is 5.78 Å². The zero-order valence-electron chi connectivity index (χ0n) is 19.1. The fraction of sp³-hybridized carbons (Fsp3) is 0.346. The summed E-state index contributed by atoms with van der Waals surface area (Å²) in [6, 6.07) is 14.7. The highest BCUT2D eigenvalue weighted by molar-refractivity contribution is 6.36. The first kappa shape index (κ1) is 23.8. The number of nitrogens with two attached hydrogens (primary N) is 1. The van der Waals surface area contributed by atoms with Crippen LogP contribution in [0, 0.1) is 5.92 Å². The van der Waals surface area contributed by atoms with E-state index in [1.807, 2.05) is 36.4 Å². The number of carbonyl (C=O) groups is 2. The Labute approximate surface area is 202 Å². The molecule has 1 aliphatic rings. The largest absolute Gasteiger partial charge is 0.445 e. The number of aromatic nitrogens is 1. The minimum absolute atomic E-state index is 0.0228. The number of Topliss-reactive ketones (excluding diaryl/α,β-unsaturated/α-hetero) is 1. The molecule has 1 fully saturated rings. The normalized spacial score (nSPS) is 17.9. The quantitative estimate of drug-likeness (QED) is 0.477. The van der Waals surface area contributed by atoms with Gasteiger partial charge in [-0.25, -0.2) is 4.79 Å². The van der Waals surface area contributed by atoms with E-state index in [9.17, 15) is 14.4 Å². The Bertz CT molecular complexity index is 1270. The highest BCUT2D eigenvalue weighted by Gasteiger charge is 2.28. The summed E-state index contributed by atoms with van der Waals surface area (Å²) in [5.74, 6) is -0.212. The number of hydrogen-bond acceptors (Lipinski definition) is 5. The number of benzene rings is 2. The second-order valence-corrected chi connectivity index (χ2v) is 9.19. The van der Waals surface area contributed by atoms with E-state index in [4.69, 9.17) is 22.1 Å². The van der Waals surface area contributed by atoms with E-state index >= 15 is 0 Å². The molecule has 3 N–H and O–H groups in total. The van der Waals surface area contributed by atoms with Crippen LogP contribution in [0.1, 0.15) is 54.6 Å². The van der Waals surface area contributed by atoms with Gasteiger partial charge in [0.25, 0.3) is 5.56 Å². The Morgan fingerprint density at radius 2 is 1.91 bits per heavy atom. The number of ether oxygens (including phenoxy) is 1. The van der Waals surface area contributed by atoms with Gasteiger partial charge in [0.1, 0.15) is 12.2 Å². The molecule has 1 aromatic heterocycles. The third kappa shape index (κ3) is 4.94. The minimum Gasteiger partial charge on any atom is -0.445 e. The summed E-state index contributed by atoms with van der Waals surface area (Å²) in [5, 5.41) is 3.78. The van der Waals surface area contributed by atoms with Gasteiger partial charge in [-0.2, -0.15) is 0 Å². The molecule has 1 saturated carbocycles. The number of carbonyl (C=O) groups excluding carboxylic acids is 2. The number of alkyl carbamates (subject to hydrolysis) is 1. The smallest absolute Gasteiger partial charge is 0.407 e. The second-order valence-electron chi connectivity index (χ2n) is 8.78. The number of nitrogen functional groups attached to an aromatic ring is 1. The molecule has 178 valence electrons. The molecule has 1 heterocycles. The van der Waals surface area contributed by atoms with E-state index in [-0.39, 0.29) is 41.2 Å². The molecule has 8 heteroatoms. The summed E-state index contributed by atoms with van der Waals surface area (Å²) in [7, 11) is 0. The van der Waals surface area contributed by atoms with Crippen LogP contribution in [0.15, 0.2) is 53.3 Å². The maximum absolute atomic E-state index is 13.4. The number of halogens is 1. The molecule has 3 aromatic rings. The average Bonchev–Trinajstić information content (AvgIpc) is 2.82. The lowest BCUT2D eigenvalue weighted by atomic mass is 9.85. The van der Waals surface area contributed by atoms with E-state index in [0.29, 0.717) is 28.9 Å². The number of rotatable bonds is 6. The lowest BCUT2D eigenvalue weighted by Crippen LogP contribution is -2.36. The highest BCUT2D eigenvalue weighted by atomic mass is 35.5. The summed E-state index contributed by atoms with van der Waals surface area (Å²) in [6.45, 7) is 2.00. The van der Waals surface area contributed by atoms with Gasteiger partial charge < -0.3 is 20.4 Å². The van der Waals surface area contributed by atoms with Crippen LogP contribution in [0.2, 0.25) is 5.02 Å². The van der Waals surface area contributed by atoms with Crippen molar-refractivity contribution in [3.8, 4) is 0 Å². The van der Waals surface area contributed by atoms with Crippen molar-refractivity contribution in [1.29, 1.82) is 0 Å². The molecular formula is C26H28ClN3O4. The Balaban J connectivity index is 1.51. The number of pyridine rings is 1. The van der Waals surface area contributed by atoms with Crippen LogP contribution >= 0.6 is 11.6 Å². The number of fused-ring (bicyclic) bond motifs is 1. The summed E-state index contributed by atoms with van der Waals surface area (Å²) < 4.78 is 6.98. The first-order valence-corrected chi connectivity index (χ1v) is 11.8. The van der Waals surface area contributed by atoms with Crippen molar-refractivity contribution in [3.05, 3.63) is 75.0 Å². The fourth-order valence-electron chi connectivity index (χ4n) is 4.84. The maximum atomic E-state index is 13.4. The van der Waals surface area contributed by atoms with Gasteiger partial charge >= 0.3 is 6.09 Å². The maximum Gasteiger partial charge on any atom is 0.407 e. The molecule has 2 atom stereocenters. The van der Waals surface area contributed by atoms with Gasteiger partial charge in [-0.1, -0.05) is 54.4 Å². The van der Waals surface area contributed by atoms with Gasteiger partial charge in [-0.3, -0.25) is 9.59 Å². The second kappa shape index (κ2) is 10.3. The van der Waals surface area contributed by atoms with Crippen molar-refractivity contribution in [2.75, 3.05) is 12.3 Å². The van der Waals surface area contributed by atoms with E-state index in [1.165, 1.54) is 6.92 Å². The van der Waals surface area contributed by atoms with E-state index in [0.717, 1.165) is 24.8 Å². The third-order valence-corrected chi connectivity index (χ3v) is 6.76. The molecule has 0 spiro atoms. The molecule has 2 unspecified atom stereocenters. The Hall–Kier alpha value is -3.32. The molecule has 0 saturated heterocycles. The summed E-state index contributed by atoms with van der Waals surface area (Å²) in [6.07, 6.45) is 2.83. The zero-order chi connectivity index (χ0) is 24.2. The number of anilines is 1. The van der Waals surface area contributed by atoms with Gasteiger partial charge in [-0.15, -0.1) is 0 Å². The molecule has 34 heavy (non-hydrogen) atoms. The van der Waals surface area contributed by atoms with E-state index in [2.05, 4.69) is 5.32 Å². The number of ketones is 1. The lowest BCUT2D eigenvalue weighted by molar-refractivity contribution is 0.101.